The van der Waals surface area contributed by atoms with Crippen molar-refractivity contribution in [3.63, 3.8) is 0 Å². The maximum atomic E-state index is 12.2. The van der Waals surface area contributed by atoms with Crippen molar-refractivity contribution in [2.45, 2.75) is 6.92 Å². The zero-order valence-corrected chi connectivity index (χ0v) is 14.0. The average Bonchev–Trinajstić information content (AvgIpc) is 2.75. The van der Waals surface area contributed by atoms with Gasteiger partial charge in [-0.3, -0.25) is 4.79 Å². The third-order valence-electron chi connectivity index (χ3n) is 3.21. The zero-order chi connectivity index (χ0) is 14.7. The number of hydrogen-bond acceptors (Lipinski definition) is 4. The lowest BCUT2D eigenvalue weighted by Crippen LogP contribution is -2.32. The number of carbonyl (C=O) groups is 1. The minimum atomic E-state index is -0.0932. The van der Waals surface area contributed by atoms with E-state index in [2.05, 4.69) is 33.1 Å². The van der Waals surface area contributed by atoms with E-state index in [0.717, 1.165) is 27.6 Å². The van der Waals surface area contributed by atoms with Crippen LogP contribution in [0, 0.1) is 0 Å². The highest BCUT2D eigenvalue weighted by Crippen LogP contribution is 2.35. The average molecular weight is 356 g/mol. The Morgan fingerprint density at radius 3 is 2.95 bits per heavy atom. The largest absolute Gasteiger partial charge is 0.397 e. The Morgan fingerprint density at radius 2 is 2.25 bits per heavy atom. The minimum absolute atomic E-state index is 0.0932. The van der Waals surface area contributed by atoms with Crippen LogP contribution in [0.3, 0.4) is 0 Å². The molecule has 1 amide bonds. The van der Waals surface area contributed by atoms with Crippen molar-refractivity contribution in [3.8, 4) is 0 Å². The van der Waals surface area contributed by atoms with Gasteiger partial charge in [-0.2, -0.15) is 0 Å². The quantitative estimate of drug-likeness (QED) is 0.866. The Balaban J connectivity index is 2.12. The first-order valence-electron chi connectivity index (χ1n) is 6.47. The van der Waals surface area contributed by atoms with Crippen molar-refractivity contribution in [1.29, 1.82) is 0 Å². The van der Waals surface area contributed by atoms with E-state index in [9.17, 15) is 4.79 Å². The molecule has 4 nitrogen and oxygen atoms in total. The lowest BCUT2D eigenvalue weighted by atomic mass is 10.2. The van der Waals surface area contributed by atoms with Crippen molar-refractivity contribution in [2.24, 2.45) is 0 Å². The zero-order valence-electron chi connectivity index (χ0n) is 11.6. The lowest BCUT2D eigenvalue weighted by molar-refractivity contribution is 0.0955. The second-order valence-electron chi connectivity index (χ2n) is 4.64. The van der Waals surface area contributed by atoms with Crippen LogP contribution in [0.15, 0.2) is 22.7 Å². The van der Waals surface area contributed by atoms with E-state index in [0.29, 0.717) is 17.1 Å². The van der Waals surface area contributed by atoms with Crippen LogP contribution >= 0.6 is 27.3 Å². The highest BCUT2D eigenvalue weighted by atomic mass is 79.9. The maximum Gasteiger partial charge on any atom is 0.263 e. The third kappa shape index (κ3) is 3.31. The maximum absolute atomic E-state index is 12.2. The van der Waals surface area contributed by atoms with Gasteiger partial charge in [0, 0.05) is 27.6 Å². The van der Waals surface area contributed by atoms with Crippen LogP contribution < -0.4 is 11.1 Å². The summed E-state index contributed by atoms with van der Waals surface area (Å²) in [5.74, 6) is -0.0932. The number of halogens is 1. The van der Waals surface area contributed by atoms with Crippen LogP contribution in [-0.2, 0) is 0 Å². The molecule has 0 saturated carbocycles. The monoisotopic (exact) mass is 355 g/mol. The van der Waals surface area contributed by atoms with Crippen LogP contribution in [-0.4, -0.2) is 37.5 Å². The molecule has 1 aromatic carbocycles. The van der Waals surface area contributed by atoms with Crippen molar-refractivity contribution >= 4 is 48.9 Å². The van der Waals surface area contributed by atoms with Crippen molar-refractivity contribution in [2.75, 3.05) is 32.4 Å². The topological polar surface area (TPSA) is 58.4 Å². The number of likely N-dealkylation sites (N-methyl/N-ethyl adjacent to an activating group) is 1. The van der Waals surface area contributed by atoms with Gasteiger partial charge in [-0.1, -0.05) is 22.9 Å². The Hall–Kier alpha value is -1.11. The molecule has 1 aromatic heterocycles. The molecule has 0 unspecified atom stereocenters. The smallest absolute Gasteiger partial charge is 0.263 e. The van der Waals surface area contributed by atoms with Gasteiger partial charge in [0.05, 0.1) is 5.69 Å². The van der Waals surface area contributed by atoms with Crippen LogP contribution in [0.1, 0.15) is 16.6 Å². The van der Waals surface area contributed by atoms with Crippen LogP contribution in [0.5, 0.6) is 0 Å². The SMILES string of the molecule is CCN(C)CCNC(=O)c1sc2ccc(Br)cc2c1N. The summed E-state index contributed by atoms with van der Waals surface area (Å²) in [5, 5.41) is 3.85. The van der Waals surface area contributed by atoms with Crippen LogP contribution in [0.25, 0.3) is 10.1 Å². The number of benzene rings is 1. The molecule has 0 aliphatic carbocycles. The molecular formula is C14H18BrN3OS. The Bertz CT molecular complexity index is 626. The highest BCUT2D eigenvalue weighted by molar-refractivity contribution is 9.10. The fourth-order valence-corrected chi connectivity index (χ4v) is 3.24. The molecule has 0 saturated heterocycles. The summed E-state index contributed by atoms with van der Waals surface area (Å²) in [7, 11) is 2.03. The molecule has 1 heterocycles. The number of fused-ring (bicyclic) bond motifs is 1. The molecule has 0 bridgehead atoms. The number of nitrogens with zero attached hydrogens (tertiary/aromatic N) is 1. The molecule has 3 N–H and O–H groups in total. The van der Waals surface area contributed by atoms with Gasteiger partial charge in [0.25, 0.3) is 5.91 Å². The predicted octanol–water partition coefficient (Wildman–Crippen LogP) is 2.93. The van der Waals surface area contributed by atoms with Crippen LogP contribution in [0.4, 0.5) is 5.69 Å². The number of anilines is 1. The standard InChI is InChI=1S/C14H18BrN3OS/c1-3-18(2)7-6-17-14(19)13-12(16)10-8-9(15)4-5-11(10)20-13/h4-5,8H,3,6-7,16H2,1-2H3,(H,17,19). The predicted molar refractivity (Wildman–Crippen MR) is 89.4 cm³/mol. The summed E-state index contributed by atoms with van der Waals surface area (Å²) in [6, 6.07) is 5.88. The number of thiophene rings is 1. The van der Waals surface area contributed by atoms with E-state index in [-0.39, 0.29) is 5.91 Å². The molecule has 0 atom stereocenters. The highest BCUT2D eigenvalue weighted by Gasteiger charge is 2.16. The Kier molecular flexibility index (Phi) is 5.01. The van der Waals surface area contributed by atoms with Gasteiger partial charge in [-0.25, -0.2) is 0 Å². The number of amides is 1. The normalized spacial score (nSPS) is 11.2. The first-order valence-corrected chi connectivity index (χ1v) is 8.08. The molecule has 6 heteroatoms. The molecule has 2 rings (SSSR count). The lowest BCUT2D eigenvalue weighted by Gasteiger charge is -2.13. The summed E-state index contributed by atoms with van der Waals surface area (Å²) in [5.41, 5.74) is 6.65. The number of nitrogen functional groups attached to an aromatic ring is 1. The van der Waals surface area contributed by atoms with Gasteiger partial charge in [-0.15, -0.1) is 11.3 Å². The molecule has 0 radical (unpaired) electrons. The van der Waals surface area contributed by atoms with Crippen LogP contribution in [0.2, 0.25) is 0 Å². The number of rotatable bonds is 5. The van der Waals surface area contributed by atoms with E-state index in [1.54, 1.807) is 0 Å². The minimum Gasteiger partial charge on any atom is -0.397 e. The molecule has 0 aliphatic heterocycles. The van der Waals surface area contributed by atoms with Crippen molar-refractivity contribution < 1.29 is 4.79 Å². The van der Waals surface area contributed by atoms with Crippen molar-refractivity contribution in [3.05, 3.63) is 27.5 Å². The molecule has 0 aliphatic rings. The van der Waals surface area contributed by atoms with Gasteiger partial charge < -0.3 is 16.0 Å². The summed E-state index contributed by atoms with van der Waals surface area (Å²) in [6.45, 7) is 4.51. The van der Waals surface area contributed by atoms with Gasteiger partial charge in [-0.05, 0) is 31.8 Å². The van der Waals surface area contributed by atoms with E-state index in [1.165, 1.54) is 11.3 Å². The van der Waals surface area contributed by atoms with E-state index >= 15 is 0 Å². The third-order valence-corrected chi connectivity index (χ3v) is 4.89. The second-order valence-corrected chi connectivity index (χ2v) is 6.61. The summed E-state index contributed by atoms with van der Waals surface area (Å²) < 4.78 is 1.99. The Morgan fingerprint density at radius 1 is 1.50 bits per heavy atom. The number of nitrogens with one attached hydrogen (secondary N) is 1. The number of hydrogen-bond donors (Lipinski definition) is 2. The van der Waals surface area contributed by atoms with Crippen molar-refractivity contribution in [1.82, 2.24) is 10.2 Å². The molecule has 20 heavy (non-hydrogen) atoms. The van der Waals surface area contributed by atoms with Gasteiger partial charge in [0.2, 0.25) is 0 Å². The van der Waals surface area contributed by atoms with E-state index < -0.39 is 0 Å². The summed E-state index contributed by atoms with van der Waals surface area (Å²) in [6.07, 6.45) is 0. The Labute approximate surface area is 131 Å². The first-order chi connectivity index (χ1) is 9.52. The second kappa shape index (κ2) is 6.56. The molecule has 0 spiro atoms. The molecule has 2 aromatic rings. The van der Waals surface area contributed by atoms with Gasteiger partial charge >= 0.3 is 0 Å². The fraction of sp³-hybridized carbons (Fsp3) is 0.357. The molecular weight excluding hydrogens is 338 g/mol. The molecule has 0 fully saturated rings. The number of carbonyl (C=O) groups excluding carboxylic acids is 1. The fourth-order valence-electron chi connectivity index (χ4n) is 1.86. The first kappa shape index (κ1) is 15.3. The molecule has 108 valence electrons. The van der Waals surface area contributed by atoms with E-state index in [1.807, 2.05) is 25.2 Å². The summed E-state index contributed by atoms with van der Waals surface area (Å²) in [4.78, 5) is 14.9. The number of nitrogens with two attached hydrogens (primary N) is 1. The summed E-state index contributed by atoms with van der Waals surface area (Å²) >= 11 is 4.86. The van der Waals surface area contributed by atoms with Gasteiger partial charge in [0.15, 0.2) is 0 Å². The van der Waals surface area contributed by atoms with Gasteiger partial charge in [0.1, 0.15) is 4.88 Å². The van der Waals surface area contributed by atoms with E-state index in [4.69, 9.17) is 5.73 Å².